The van der Waals surface area contributed by atoms with Crippen molar-refractivity contribution in [2.75, 3.05) is 42.8 Å². The Hall–Kier alpha value is -2.13. The first-order chi connectivity index (χ1) is 11.7. The number of carbonyl (C=O) groups is 2. The number of benzene rings is 1. The summed E-state index contributed by atoms with van der Waals surface area (Å²) < 4.78 is 28.3. The van der Waals surface area contributed by atoms with Gasteiger partial charge in [0.25, 0.3) is 0 Å². The quantitative estimate of drug-likeness (QED) is 0.765. The van der Waals surface area contributed by atoms with Crippen LogP contribution in [0.25, 0.3) is 0 Å². The zero-order valence-electron chi connectivity index (χ0n) is 14.5. The Morgan fingerprint density at radius 3 is 2.60 bits per heavy atom. The number of likely N-dealkylation sites (N-methyl/N-ethyl adjacent to an activating group) is 1. The summed E-state index contributed by atoms with van der Waals surface area (Å²) in [5, 5.41) is 5.39. The topological polar surface area (TPSA) is 105 Å². The van der Waals surface area contributed by atoms with Crippen molar-refractivity contribution in [2.45, 2.75) is 19.4 Å². The fraction of sp³-hybridized carbons (Fsp3) is 0.500. The third kappa shape index (κ3) is 5.43. The highest BCUT2D eigenvalue weighted by Gasteiger charge is 2.31. The van der Waals surface area contributed by atoms with E-state index in [2.05, 4.69) is 10.6 Å². The molecule has 0 bridgehead atoms. The van der Waals surface area contributed by atoms with Gasteiger partial charge in [-0.05, 0) is 31.7 Å². The number of rotatable bonds is 6. The molecule has 1 aliphatic rings. The van der Waals surface area contributed by atoms with Crippen molar-refractivity contribution < 1.29 is 22.7 Å². The summed E-state index contributed by atoms with van der Waals surface area (Å²) in [4.78, 5) is 25.2. The maximum absolute atomic E-state index is 12.3. The number of ether oxygens (including phenoxy) is 1. The fourth-order valence-corrected chi connectivity index (χ4v) is 4.56. The van der Waals surface area contributed by atoms with Crippen LogP contribution in [0.4, 0.5) is 11.4 Å². The standard InChI is InChI=1S/C16H23N3O5S/c1-11(20)17-12-4-5-15(24-3)14(8-12)18-16(21)9-19(2)13-6-7-25(22,23)10-13/h4-5,8,13H,6-7,9-10H2,1-3H3,(H,17,20)(H,18,21)/t13-/m1/s1. The van der Waals surface area contributed by atoms with Crippen molar-refractivity contribution >= 4 is 33.0 Å². The predicted molar refractivity (Wildman–Crippen MR) is 95.6 cm³/mol. The molecule has 25 heavy (non-hydrogen) atoms. The van der Waals surface area contributed by atoms with Gasteiger partial charge < -0.3 is 15.4 Å². The SMILES string of the molecule is COc1ccc(NC(C)=O)cc1NC(=O)CN(C)[C@@H]1CCS(=O)(=O)C1. The second-order valence-electron chi connectivity index (χ2n) is 6.12. The highest BCUT2D eigenvalue weighted by Crippen LogP contribution is 2.28. The van der Waals surface area contributed by atoms with Crippen LogP contribution in [0.2, 0.25) is 0 Å². The zero-order chi connectivity index (χ0) is 18.6. The van der Waals surface area contributed by atoms with Gasteiger partial charge in [0, 0.05) is 18.7 Å². The number of anilines is 2. The minimum Gasteiger partial charge on any atom is -0.495 e. The maximum Gasteiger partial charge on any atom is 0.238 e. The third-order valence-corrected chi connectivity index (χ3v) is 5.77. The Kier molecular flexibility index (Phi) is 6.02. The average molecular weight is 369 g/mol. The molecule has 1 fully saturated rings. The molecule has 1 aromatic rings. The second kappa shape index (κ2) is 7.83. The molecule has 9 heteroatoms. The molecular weight excluding hydrogens is 346 g/mol. The van der Waals surface area contributed by atoms with Gasteiger partial charge in [-0.2, -0.15) is 0 Å². The van der Waals surface area contributed by atoms with Crippen LogP contribution in [-0.2, 0) is 19.4 Å². The molecule has 0 unspecified atom stereocenters. The van der Waals surface area contributed by atoms with Crippen molar-refractivity contribution in [3.8, 4) is 5.75 Å². The Morgan fingerprint density at radius 2 is 2.04 bits per heavy atom. The first-order valence-corrected chi connectivity index (χ1v) is 9.68. The van der Waals surface area contributed by atoms with Crippen molar-refractivity contribution in [1.82, 2.24) is 4.90 Å². The monoisotopic (exact) mass is 369 g/mol. The lowest BCUT2D eigenvalue weighted by Crippen LogP contribution is -2.38. The van der Waals surface area contributed by atoms with Gasteiger partial charge >= 0.3 is 0 Å². The fourth-order valence-electron chi connectivity index (χ4n) is 2.76. The molecule has 1 aromatic carbocycles. The van der Waals surface area contributed by atoms with Crippen molar-refractivity contribution in [3.05, 3.63) is 18.2 Å². The first-order valence-electron chi connectivity index (χ1n) is 7.86. The largest absolute Gasteiger partial charge is 0.495 e. The van der Waals surface area contributed by atoms with Gasteiger partial charge in [-0.1, -0.05) is 0 Å². The normalized spacial score (nSPS) is 18.8. The van der Waals surface area contributed by atoms with E-state index in [1.165, 1.54) is 14.0 Å². The number of hydrogen-bond acceptors (Lipinski definition) is 6. The number of hydrogen-bond donors (Lipinski definition) is 2. The number of carbonyl (C=O) groups excluding carboxylic acids is 2. The highest BCUT2D eigenvalue weighted by atomic mass is 32.2. The average Bonchev–Trinajstić information content (AvgIpc) is 2.87. The molecule has 2 amide bonds. The van der Waals surface area contributed by atoms with Crippen LogP contribution in [0.5, 0.6) is 5.75 Å². The summed E-state index contributed by atoms with van der Waals surface area (Å²) in [6, 6.07) is 4.78. The molecule has 1 heterocycles. The molecule has 0 spiro atoms. The van der Waals surface area contributed by atoms with E-state index >= 15 is 0 Å². The molecule has 1 atom stereocenters. The molecule has 1 aliphatic heterocycles. The van der Waals surface area contributed by atoms with Crippen LogP contribution in [0.3, 0.4) is 0 Å². The Labute approximate surface area is 147 Å². The first kappa shape index (κ1) is 19.2. The summed E-state index contributed by atoms with van der Waals surface area (Å²) in [7, 11) is 0.220. The minimum absolute atomic E-state index is 0.0632. The molecule has 2 rings (SSSR count). The molecule has 0 aromatic heterocycles. The van der Waals surface area contributed by atoms with E-state index in [9.17, 15) is 18.0 Å². The lowest BCUT2D eigenvalue weighted by atomic mass is 10.2. The van der Waals surface area contributed by atoms with Gasteiger partial charge in [-0.3, -0.25) is 14.5 Å². The molecule has 0 aliphatic carbocycles. The van der Waals surface area contributed by atoms with E-state index in [0.717, 1.165) is 0 Å². The Balaban J connectivity index is 2.02. The zero-order valence-corrected chi connectivity index (χ0v) is 15.4. The Bertz CT molecular complexity index is 763. The number of sulfone groups is 1. The van der Waals surface area contributed by atoms with Crippen molar-refractivity contribution in [3.63, 3.8) is 0 Å². The molecule has 0 radical (unpaired) electrons. The summed E-state index contributed by atoms with van der Waals surface area (Å²) in [6.45, 7) is 1.46. The number of nitrogens with zero attached hydrogens (tertiary/aromatic N) is 1. The summed E-state index contributed by atoms with van der Waals surface area (Å²) in [5.74, 6) is 0.206. The van der Waals surface area contributed by atoms with E-state index < -0.39 is 9.84 Å². The predicted octanol–water partition coefficient (Wildman–Crippen LogP) is 0.711. The Morgan fingerprint density at radius 1 is 1.32 bits per heavy atom. The van der Waals surface area contributed by atoms with Crippen LogP contribution >= 0.6 is 0 Å². The van der Waals surface area contributed by atoms with Crippen LogP contribution in [-0.4, -0.2) is 63.4 Å². The second-order valence-corrected chi connectivity index (χ2v) is 8.35. The maximum atomic E-state index is 12.3. The molecular formula is C16H23N3O5S. The highest BCUT2D eigenvalue weighted by molar-refractivity contribution is 7.91. The van der Waals surface area contributed by atoms with Crippen LogP contribution in [0, 0.1) is 0 Å². The molecule has 138 valence electrons. The van der Waals surface area contributed by atoms with E-state index in [1.807, 2.05) is 0 Å². The number of amides is 2. The van der Waals surface area contributed by atoms with Crippen LogP contribution in [0.1, 0.15) is 13.3 Å². The molecule has 8 nitrogen and oxygen atoms in total. The third-order valence-electron chi connectivity index (χ3n) is 4.02. The van der Waals surface area contributed by atoms with Gasteiger partial charge in [0.2, 0.25) is 11.8 Å². The van der Waals surface area contributed by atoms with E-state index in [-0.39, 0.29) is 35.9 Å². The van der Waals surface area contributed by atoms with Crippen LogP contribution < -0.4 is 15.4 Å². The lowest BCUT2D eigenvalue weighted by Gasteiger charge is -2.22. The van der Waals surface area contributed by atoms with E-state index in [1.54, 1.807) is 30.1 Å². The van der Waals surface area contributed by atoms with Gasteiger partial charge in [-0.25, -0.2) is 8.42 Å². The van der Waals surface area contributed by atoms with Crippen molar-refractivity contribution in [1.29, 1.82) is 0 Å². The van der Waals surface area contributed by atoms with Gasteiger partial charge in [0.1, 0.15) is 5.75 Å². The van der Waals surface area contributed by atoms with Crippen molar-refractivity contribution in [2.24, 2.45) is 0 Å². The minimum atomic E-state index is -3.00. The van der Waals surface area contributed by atoms with Gasteiger partial charge in [-0.15, -0.1) is 0 Å². The van der Waals surface area contributed by atoms with Gasteiger partial charge in [0.15, 0.2) is 9.84 Å². The lowest BCUT2D eigenvalue weighted by molar-refractivity contribution is -0.117. The van der Waals surface area contributed by atoms with Gasteiger partial charge in [0.05, 0.1) is 30.8 Å². The summed E-state index contributed by atoms with van der Waals surface area (Å²) in [5.41, 5.74) is 0.977. The molecule has 0 saturated carbocycles. The molecule has 2 N–H and O–H groups in total. The number of methoxy groups -OCH3 is 1. The summed E-state index contributed by atoms with van der Waals surface area (Å²) >= 11 is 0. The number of nitrogens with one attached hydrogen (secondary N) is 2. The van der Waals surface area contributed by atoms with E-state index in [0.29, 0.717) is 23.5 Å². The van der Waals surface area contributed by atoms with Crippen LogP contribution in [0.15, 0.2) is 18.2 Å². The molecule has 1 saturated heterocycles. The smallest absolute Gasteiger partial charge is 0.238 e. The van der Waals surface area contributed by atoms with E-state index in [4.69, 9.17) is 4.74 Å². The summed E-state index contributed by atoms with van der Waals surface area (Å²) in [6.07, 6.45) is 0.535.